The van der Waals surface area contributed by atoms with E-state index in [4.69, 9.17) is 9.47 Å². The number of methoxy groups -OCH3 is 2. The van der Waals surface area contributed by atoms with Crippen LogP contribution in [0.25, 0.3) is 0 Å². The van der Waals surface area contributed by atoms with Gasteiger partial charge in [-0.15, -0.1) is 0 Å². The number of aryl methyl sites for hydroxylation is 2. The third kappa shape index (κ3) is 3.77. The van der Waals surface area contributed by atoms with Crippen molar-refractivity contribution in [2.24, 2.45) is 0 Å². The zero-order chi connectivity index (χ0) is 18.7. The van der Waals surface area contributed by atoms with Crippen LogP contribution in [-0.2, 0) is 5.41 Å². The Labute approximate surface area is 154 Å². The summed E-state index contributed by atoms with van der Waals surface area (Å²) in [4.78, 5) is 12.3. The summed E-state index contributed by atoms with van der Waals surface area (Å²) in [5.74, 6) is 1.43. The van der Waals surface area contributed by atoms with E-state index in [0.29, 0.717) is 12.3 Å². The van der Waals surface area contributed by atoms with Gasteiger partial charge in [0.25, 0.3) is 0 Å². The van der Waals surface area contributed by atoms with Gasteiger partial charge in [0.05, 0.1) is 14.2 Å². The first-order chi connectivity index (χ1) is 12.5. The molecule has 0 saturated heterocycles. The molecule has 138 valence electrons. The first-order valence-corrected chi connectivity index (χ1v) is 8.82. The van der Waals surface area contributed by atoms with Gasteiger partial charge < -0.3 is 20.1 Å². The summed E-state index contributed by atoms with van der Waals surface area (Å²) < 4.78 is 10.7. The summed E-state index contributed by atoms with van der Waals surface area (Å²) in [6.45, 7) is 4.60. The molecular formula is C21H26N2O3. The lowest BCUT2D eigenvalue weighted by Crippen LogP contribution is -2.35. The molecule has 2 aromatic rings. The van der Waals surface area contributed by atoms with Crippen LogP contribution in [0.15, 0.2) is 36.4 Å². The summed E-state index contributed by atoms with van der Waals surface area (Å²) >= 11 is 0. The Hall–Kier alpha value is -2.69. The van der Waals surface area contributed by atoms with Crippen LogP contribution in [0.1, 0.15) is 29.5 Å². The smallest absolute Gasteiger partial charge is 0.319 e. The molecule has 2 amide bonds. The van der Waals surface area contributed by atoms with Gasteiger partial charge in [0.2, 0.25) is 0 Å². The maximum absolute atomic E-state index is 12.3. The molecule has 0 bridgehead atoms. The molecule has 0 atom stereocenters. The Morgan fingerprint density at radius 3 is 2.42 bits per heavy atom. The van der Waals surface area contributed by atoms with Crippen molar-refractivity contribution in [2.45, 2.75) is 32.1 Å². The number of amides is 2. The molecule has 1 aliphatic rings. The maximum atomic E-state index is 12.3. The van der Waals surface area contributed by atoms with Gasteiger partial charge in [0, 0.05) is 17.6 Å². The Morgan fingerprint density at radius 1 is 1.04 bits per heavy atom. The van der Waals surface area contributed by atoms with E-state index in [1.807, 2.05) is 44.2 Å². The van der Waals surface area contributed by atoms with Gasteiger partial charge in [0.15, 0.2) is 11.5 Å². The highest BCUT2D eigenvalue weighted by Crippen LogP contribution is 2.49. The fourth-order valence-corrected chi connectivity index (χ4v) is 3.17. The van der Waals surface area contributed by atoms with Crippen LogP contribution in [0.3, 0.4) is 0 Å². The van der Waals surface area contributed by atoms with Crippen molar-refractivity contribution in [3.8, 4) is 11.5 Å². The summed E-state index contributed by atoms with van der Waals surface area (Å²) in [5.41, 5.74) is 4.17. The molecule has 0 aromatic heterocycles. The van der Waals surface area contributed by atoms with E-state index in [2.05, 4.69) is 16.7 Å². The molecule has 1 aliphatic carbocycles. The molecule has 5 heteroatoms. The molecule has 5 nitrogen and oxygen atoms in total. The summed E-state index contributed by atoms with van der Waals surface area (Å²) in [6, 6.07) is 11.8. The van der Waals surface area contributed by atoms with Gasteiger partial charge in [0.1, 0.15) is 0 Å². The van der Waals surface area contributed by atoms with Crippen LogP contribution in [0.4, 0.5) is 10.5 Å². The standard InChI is InChI=1S/C21H26N2O3/c1-14-5-6-15(2)17(11-14)23-20(24)22-13-21(9-10-21)16-7-8-18(25-3)19(12-16)26-4/h5-8,11-12H,9-10,13H2,1-4H3,(H2,22,23,24). The van der Waals surface area contributed by atoms with Crippen molar-refractivity contribution in [3.63, 3.8) is 0 Å². The summed E-state index contributed by atoms with van der Waals surface area (Å²) in [7, 11) is 3.26. The van der Waals surface area contributed by atoms with Gasteiger partial charge in [-0.3, -0.25) is 0 Å². The Kier molecular flexibility index (Phi) is 5.07. The van der Waals surface area contributed by atoms with Gasteiger partial charge in [-0.1, -0.05) is 18.2 Å². The highest BCUT2D eigenvalue weighted by atomic mass is 16.5. The van der Waals surface area contributed by atoms with E-state index in [1.165, 1.54) is 5.56 Å². The molecule has 1 fully saturated rings. The predicted octanol–water partition coefficient (Wildman–Crippen LogP) is 4.17. The first kappa shape index (κ1) is 18.1. The van der Waals surface area contributed by atoms with Crippen LogP contribution >= 0.6 is 0 Å². The van der Waals surface area contributed by atoms with Crippen molar-refractivity contribution in [2.75, 3.05) is 26.1 Å². The average molecular weight is 354 g/mol. The number of anilines is 1. The second-order valence-corrected chi connectivity index (χ2v) is 6.98. The quantitative estimate of drug-likeness (QED) is 0.818. The zero-order valence-electron chi connectivity index (χ0n) is 15.8. The van der Waals surface area contributed by atoms with E-state index in [1.54, 1.807) is 14.2 Å². The zero-order valence-corrected chi connectivity index (χ0v) is 15.8. The van der Waals surface area contributed by atoms with Crippen molar-refractivity contribution in [3.05, 3.63) is 53.1 Å². The Bertz CT molecular complexity index is 813. The molecule has 0 spiro atoms. The molecule has 0 aliphatic heterocycles. The van der Waals surface area contributed by atoms with Crippen molar-refractivity contribution < 1.29 is 14.3 Å². The van der Waals surface area contributed by atoms with Crippen molar-refractivity contribution >= 4 is 11.7 Å². The van der Waals surface area contributed by atoms with E-state index < -0.39 is 0 Å². The average Bonchev–Trinajstić information content (AvgIpc) is 3.43. The molecule has 0 radical (unpaired) electrons. The van der Waals surface area contributed by atoms with Gasteiger partial charge in [-0.05, 0) is 61.6 Å². The maximum Gasteiger partial charge on any atom is 0.319 e. The number of rotatable bonds is 6. The third-order valence-corrected chi connectivity index (χ3v) is 5.08. The Morgan fingerprint density at radius 2 is 1.77 bits per heavy atom. The normalized spacial score (nSPS) is 14.5. The van der Waals surface area contributed by atoms with Crippen molar-refractivity contribution in [1.82, 2.24) is 5.32 Å². The monoisotopic (exact) mass is 354 g/mol. The third-order valence-electron chi connectivity index (χ3n) is 5.08. The second kappa shape index (κ2) is 7.28. The molecule has 0 heterocycles. The summed E-state index contributed by atoms with van der Waals surface area (Å²) in [5, 5.41) is 5.97. The molecule has 3 rings (SSSR count). The summed E-state index contributed by atoms with van der Waals surface area (Å²) in [6.07, 6.45) is 2.10. The fraction of sp³-hybridized carbons (Fsp3) is 0.381. The van der Waals surface area contributed by atoms with E-state index >= 15 is 0 Å². The second-order valence-electron chi connectivity index (χ2n) is 6.98. The molecule has 1 saturated carbocycles. The molecule has 2 aromatic carbocycles. The number of hydrogen-bond donors (Lipinski definition) is 2. The fourth-order valence-electron chi connectivity index (χ4n) is 3.17. The van der Waals surface area contributed by atoms with E-state index in [9.17, 15) is 4.79 Å². The molecule has 0 unspecified atom stereocenters. The number of urea groups is 1. The molecule has 26 heavy (non-hydrogen) atoms. The highest BCUT2D eigenvalue weighted by molar-refractivity contribution is 5.90. The number of ether oxygens (including phenoxy) is 2. The largest absolute Gasteiger partial charge is 0.493 e. The SMILES string of the molecule is COc1ccc(C2(CNC(=O)Nc3cc(C)ccc3C)CC2)cc1OC. The lowest BCUT2D eigenvalue weighted by atomic mass is 9.95. The lowest BCUT2D eigenvalue weighted by Gasteiger charge is -2.19. The van der Waals surface area contributed by atoms with Gasteiger partial charge >= 0.3 is 6.03 Å². The molecular weight excluding hydrogens is 328 g/mol. The first-order valence-electron chi connectivity index (χ1n) is 8.82. The number of carbonyl (C=O) groups excluding carboxylic acids is 1. The van der Waals surface area contributed by atoms with Crippen molar-refractivity contribution in [1.29, 1.82) is 0 Å². The van der Waals surface area contributed by atoms with Gasteiger partial charge in [-0.2, -0.15) is 0 Å². The van der Waals surface area contributed by atoms with Crippen LogP contribution < -0.4 is 20.1 Å². The van der Waals surface area contributed by atoms with Gasteiger partial charge in [-0.25, -0.2) is 4.79 Å². The topological polar surface area (TPSA) is 59.6 Å². The predicted molar refractivity (Wildman–Crippen MR) is 103 cm³/mol. The lowest BCUT2D eigenvalue weighted by molar-refractivity contribution is 0.251. The number of nitrogens with one attached hydrogen (secondary N) is 2. The van der Waals surface area contributed by atoms with E-state index in [-0.39, 0.29) is 11.4 Å². The van der Waals surface area contributed by atoms with Crippen LogP contribution in [0.2, 0.25) is 0 Å². The minimum absolute atomic E-state index is 0.0153. The number of carbonyl (C=O) groups is 1. The highest BCUT2D eigenvalue weighted by Gasteiger charge is 2.44. The Balaban J connectivity index is 1.65. The van der Waals surface area contributed by atoms with Crippen LogP contribution in [0.5, 0.6) is 11.5 Å². The van der Waals surface area contributed by atoms with Crippen LogP contribution in [-0.4, -0.2) is 26.8 Å². The number of benzene rings is 2. The molecule has 2 N–H and O–H groups in total. The van der Waals surface area contributed by atoms with Crippen LogP contribution in [0, 0.1) is 13.8 Å². The minimum Gasteiger partial charge on any atom is -0.493 e. The minimum atomic E-state index is -0.176. The van der Waals surface area contributed by atoms with E-state index in [0.717, 1.165) is 35.4 Å². The number of hydrogen-bond acceptors (Lipinski definition) is 3.